The van der Waals surface area contributed by atoms with E-state index in [4.69, 9.17) is 9.73 Å². The molecule has 0 fully saturated rings. The number of nitrogens with one attached hydrogen (secondary N) is 2. The van der Waals surface area contributed by atoms with Crippen molar-refractivity contribution >= 4 is 67.9 Å². The molecule has 0 saturated heterocycles. The molecule has 0 saturated carbocycles. The van der Waals surface area contributed by atoms with Gasteiger partial charge < -0.3 is 14.7 Å². The van der Waals surface area contributed by atoms with Gasteiger partial charge in [-0.2, -0.15) is 0 Å². The Morgan fingerprint density at radius 1 is 1.08 bits per heavy atom. The number of aromatic nitrogens is 2. The van der Waals surface area contributed by atoms with E-state index in [2.05, 4.69) is 93.3 Å². The Labute approximate surface area is 179 Å². The van der Waals surface area contributed by atoms with Crippen molar-refractivity contribution in [3.63, 3.8) is 0 Å². The lowest BCUT2D eigenvalue weighted by Crippen LogP contribution is -1.96. The number of benzene rings is 1. The number of fused-ring (bicyclic) bond motifs is 1. The van der Waals surface area contributed by atoms with Crippen molar-refractivity contribution < 1.29 is 4.74 Å². The highest BCUT2D eigenvalue weighted by atomic mass is 127. The number of methoxy groups -OCH3 is 1. The maximum Gasteiger partial charge on any atom is 0.146 e. The van der Waals surface area contributed by atoms with E-state index in [0.717, 1.165) is 34.1 Å². The summed E-state index contributed by atoms with van der Waals surface area (Å²) in [4.78, 5) is 11.8. The predicted molar refractivity (Wildman–Crippen MR) is 124 cm³/mol. The van der Waals surface area contributed by atoms with Crippen LogP contribution in [-0.4, -0.2) is 22.8 Å². The zero-order valence-electron chi connectivity index (χ0n) is 14.6. The highest BCUT2D eigenvalue weighted by Gasteiger charge is 2.21. The number of aliphatic imine (C=N–C) groups is 1. The van der Waals surface area contributed by atoms with Gasteiger partial charge in [0.1, 0.15) is 11.5 Å². The molecular formula is C20H17I2N3O. The Balaban J connectivity index is 1.82. The molecule has 1 aromatic carbocycles. The number of H-pyrrole nitrogens is 2. The summed E-state index contributed by atoms with van der Waals surface area (Å²) >= 11 is 4.75. The molecule has 2 N–H and O–H groups in total. The summed E-state index contributed by atoms with van der Waals surface area (Å²) in [6, 6.07) is 8.30. The van der Waals surface area contributed by atoms with E-state index in [9.17, 15) is 0 Å². The average Bonchev–Trinajstić information content (AvgIpc) is 3.27. The highest BCUT2D eigenvalue weighted by Crippen LogP contribution is 2.31. The van der Waals surface area contributed by atoms with Gasteiger partial charge in [-0.15, -0.1) is 0 Å². The first kappa shape index (κ1) is 17.8. The van der Waals surface area contributed by atoms with Crippen molar-refractivity contribution in [1.29, 1.82) is 0 Å². The molecule has 6 heteroatoms. The fourth-order valence-electron chi connectivity index (χ4n) is 3.13. The summed E-state index contributed by atoms with van der Waals surface area (Å²) in [6.07, 6.45) is 4.05. The number of nitrogens with zero attached hydrogens (tertiary/aromatic N) is 1. The van der Waals surface area contributed by atoms with Gasteiger partial charge in [-0.05, 0) is 76.7 Å². The van der Waals surface area contributed by atoms with E-state index in [1.54, 1.807) is 7.11 Å². The van der Waals surface area contributed by atoms with Gasteiger partial charge in [0.15, 0.2) is 0 Å². The number of rotatable bonds is 3. The number of ether oxygens (including phenoxy) is 1. The van der Waals surface area contributed by atoms with E-state index in [0.29, 0.717) is 0 Å². The van der Waals surface area contributed by atoms with E-state index in [1.807, 2.05) is 12.1 Å². The van der Waals surface area contributed by atoms with Crippen LogP contribution in [0.4, 0.5) is 0 Å². The van der Waals surface area contributed by atoms with Gasteiger partial charge >= 0.3 is 0 Å². The number of hydrogen-bond donors (Lipinski definition) is 2. The molecule has 0 radical (unpaired) electrons. The summed E-state index contributed by atoms with van der Waals surface area (Å²) in [7, 11) is 1.69. The van der Waals surface area contributed by atoms with Gasteiger partial charge in [-0.1, -0.05) is 18.2 Å². The standard InChI is InChI=1S/C20H17I2N3O/c1-10-14(23-11(2)18(10)21)8-15-17(26-3)9-16(24-15)20-19(22)12-6-4-5-7-13(12)25-20/h4-9,23,25H,1-3H3/b15-8-. The minimum absolute atomic E-state index is 0.774. The topological polar surface area (TPSA) is 53.2 Å². The normalized spacial score (nSPS) is 15.7. The molecule has 26 heavy (non-hydrogen) atoms. The van der Waals surface area contributed by atoms with Crippen molar-refractivity contribution in [3.8, 4) is 0 Å². The lowest BCUT2D eigenvalue weighted by atomic mass is 10.2. The van der Waals surface area contributed by atoms with Crippen molar-refractivity contribution in [2.24, 2.45) is 4.99 Å². The van der Waals surface area contributed by atoms with E-state index in [1.165, 1.54) is 23.8 Å². The minimum Gasteiger partial charge on any atom is -0.494 e. The van der Waals surface area contributed by atoms with Crippen LogP contribution in [-0.2, 0) is 4.74 Å². The maximum atomic E-state index is 5.58. The minimum atomic E-state index is 0.774. The smallest absolute Gasteiger partial charge is 0.146 e. The van der Waals surface area contributed by atoms with Gasteiger partial charge in [0, 0.05) is 35.5 Å². The Morgan fingerprint density at radius 3 is 2.50 bits per heavy atom. The predicted octanol–water partition coefficient (Wildman–Crippen LogP) is 5.70. The molecule has 3 aromatic rings. The number of allylic oxidation sites excluding steroid dienone is 1. The van der Waals surface area contributed by atoms with Crippen LogP contribution in [0.5, 0.6) is 0 Å². The Bertz CT molecular complexity index is 1120. The largest absolute Gasteiger partial charge is 0.494 e. The summed E-state index contributed by atoms with van der Waals surface area (Å²) in [5.74, 6) is 0.774. The Kier molecular flexibility index (Phi) is 4.72. The molecule has 0 amide bonds. The molecule has 4 rings (SSSR count). The number of aromatic amines is 2. The SMILES string of the molecule is COC1=CC(c2[nH]c3ccccc3c2I)=N/C1=C\c1[nH]c(C)c(I)c1C. The molecule has 0 bridgehead atoms. The second-order valence-electron chi connectivity index (χ2n) is 6.20. The lowest BCUT2D eigenvalue weighted by Gasteiger charge is -2.01. The molecular weight excluding hydrogens is 552 g/mol. The Morgan fingerprint density at radius 2 is 1.85 bits per heavy atom. The molecule has 2 aromatic heterocycles. The van der Waals surface area contributed by atoms with Crippen LogP contribution < -0.4 is 0 Å². The molecule has 0 unspecified atom stereocenters. The third kappa shape index (κ3) is 2.92. The lowest BCUT2D eigenvalue weighted by molar-refractivity contribution is 0.303. The zero-order chi connectivity index (χ0) is 18.4. The van der Waals surface area contributed by atoms with Crippen LogP contribution in [0.3, 0.4) is 0 Å². The second-order valence-corrected chi connectivity index (χ2v) is 8.36. The highest BCUT2D eigenvalue weighted by molar-refractivity contribution is 14.1. The zero-order valence-corrected chi connectivity index (χ0v) is 18.9. The average molecular weight is 569 g/mol. The van der Waals surface area contributed by atoms with E-state index in [-0.39, 0.29) is 0 Å². The van der Waals surface area contributed by atoms with Gasteiger partial charge in [0.25, 0.3) is 0 Å². The summed E-state index contributed by atoms with van der Waals surface area (Å²) < 4.78 is 8.01. The van der Waals surface area contributed by atoms with Crippen molar-refractivity contribution in [3.05, 3.63) is 71.6 Å². The second kappa shape index (κ2) is 6.88. The first-order valence-electron chi connectivity index (χ1n) is 8.17. The van der Waals surface area contributed by atoms with Crippen LogP contribution in [0.2, 0.25) is 0 Å². The summed E-state index contributed by atoms with van der Waals surface area (Å²) in [6.45, 7) is 4.20. The van der Waals surface area contributed by atoms with Crippen LogP contribution in [0, 0.1) is 21.0 Å². The Hall–Kier alpha value is -1.55. The first-order chi connectivity index (χ1) is 12.5. The molecule has 132 valence electrons. The molecule has 1 aliphatic heterocycles. The molecule has 0 spiro atoms. The molecule has 4 nitrogen and oxygen atoms in total. The monoisotopic (exact) mass is 569 g/mol. The first-order valence-corrected chi connectivity index (χ1v) is 10.3. The van der Waals surface area contributed by atoms with Crippen molar-refractivity contribution in [2.75, 3.05) is 7.11 Å². The van der Waals surface area contributed by atoms with Crippen LogP contribution in [0.1, 0.15) is 22.6 Å². The van der Waals surface area contributed by atoms with E-state index < -0.39 is 0 Å². The molecule has 1 aliphatic rings. The number of para-hydroxylation sites is 1. The van der Waals surface area contributed by atoms with Crippen molar-refractivity contribution in [1.82, 2.24) is 9.97 Å². The van der Waals surface area contributed by atoms with Crippen molar-refractivity contribution in [2.45, 2.75) is 13.8 Å². The summed E-state index contributed by atoms with van der Waals surface area (Å²) in [5, 5.41) is 1.21. The number of halogens is 2. The van der Waals surface area contributed by atoms with Crippen LogP contribution in [0.25, 0.3) is 17.0 Å². The molecule has 3 heterocycles. The van der Waals surface area contributed by atoms with Gasteiger partial charge in [0.2, 0.25) is 0 Å². The van der Waals surface area contributed by atoms with E-state index >= 15 is 0 Å². The van der Waals surface area contributed by atoms with Crippen LogP contribution in [0.15, 0.2) is 46.8 Å². The third-order valence-electron chi connectivity index (χ3n) is 4.55. The fraction of sp³-hybridized carbons (Fsp3) is 0.150. The molecule has 0 atom stereocenters. The molecule has 0 aliphatic carbocycles. The summed E-state index contributed by atoms with van der Waals surface area (Å²) in [5.41, 5.74) is 7.34. The third-order valence-corrected chi connectivity index (χ3v) is 7.28. The number of aryl methyl sites for hydroxylation is 1. The van der Waals surface area contributed by atoms with Gasteiger partial charge in [-0.3, -0.25) is 0 Å². The number of hydrogen-bond acceptors (Lipinski definition) is 2. The van der Waals surface area contributed by atoms with Gasteiger partial charge in [0.05, 0.1) is 18.5 Å². The van der Waals surface area contributed by atoms with Crippen LogP contribution >= 0.6 is 45.2 Å². The van der Waals surface area contributed by atoms with Gasteiger partial charge in [-0.25, -0.2) is 4.99 Å². The maximum absolute atomic E-state index is 5.58. The quantitative estimate of drug-likeness (QED) is 0.392. The fourth-order valence-corrected chi connectivity index (χ4v) is 4.43.